The lowest BCUT2D eigenvalue weighted by Crippen LogP contribution is -2.52. The molecule has 3 unspecified atom stereocenters. The van der Waals surface area contributed by atoms with Gasteiger partial charge in [0.25, 0.3) is 5.91 Å². The van der Waals surface area contributed by atoms with Gasteiger partial charge in [-0.15, -0.1) is 0 Å². The van der Waals surface area contributed by atoms with E-state index in [9.17, 15) is 18.0 Å². The summed E-state index contributed by atoms with van der Waals surface area (Å²) in [6.07, 6.45) is 0. The maximum absolute atomic E-state index is 12.9. The number of carbonyl (C=O) groups excluding carboxylic acids is 2. The molecule has 0 spiro atoms. The van der Waals surface area contributed by atoms with Gasteiger partial charge < -0.3 is 9.64 Å². The Hall–Kier alpha value is -1.93. The van der Waals surface area contributed by atoms with Gasteiger partial charge in [-0.25, -0.2) is 12.7 Å². The molecular formula is C17H22N2O5S. The van der Waals surface area contributed by atoms with Crippen LogP contribution in [0.25, 0.3) is 0 Å². The second-order valence-electron chi connectivity index (χ2n) is 6.78. The minimum absolute atomic E-state index is 0.0721. The van der Waals surface area contributed by atoms with E-state index < -0.39 is 21.8 Å². The van der Waals surface area contributed by atoms with Crippen LogP contribution in [0.5, 0.6) is 0 Å². The fraction of sp³-hybridized carbons (Fsp3) is 0.529. The van der Waals surface area contributed by atoms with Crippen LogP contribution in [-0.4, -0.2) is 56.2 Å². The van der Waals surface area contributed by atoms with Crippen LogP contribution in [0.3, 0.4) is 0 Å². The number of amides is 2. The van der Waals surface area contributed by atoms with Gasteiger partial charge in [-0.3, -0.25) is 9.59 Å². The molecule has 25 heavy (non-hydrogen) atoms. The molecule has 0 bridgehead atoms. The molecule has 1 aromatic carbocycles. The van der Waals surface area contributed by atoms with Crippen LogP contribution >= 0.6 is 0 Å². The van der Waals surface area contributed by atoms with Gasteiger partial charge in [0.2, 0.25) is 15.9 Å². The summed E-state index contributed by atoms with van der Waals surface area (Å²) >= 11 is 0. The Balaban J connectivity index is 1.94. The molecule has 1 aromatic rings. The summed E-state index contributed by atoms with van der Waals surface area (Å²) in [6.45, 7) is 6.34. The van der Waals surface area contributed by atoms with E-state index in [1.165, 1.54) is 12.1 Å². The molecule has 0 saturated carbocycles. The molecule has 0 radical (unpaired) electrons. The largest absolute Gasteiger partial charge is 0.377 e. The molecule has 0 aromatic heterocycles. The zero-order chi connectivity index (χ0) is 18.4. The summed E-state index contributed by atoms with van der Waals surface area (Å²) < 4.78 is 30.8. The molecule has 2 saturated heterocycles. The Bertz CT molecular complexity index is 797. The maximum Gasteiger partial charge on any atom is 0.254 e. The molecule has 8 heteroatoms. The van der Waals surface area contributed by atoms with Gasteiger partial charge in [0.15, 0.2) is 0 Å². The summed E-state index contributed by atoms with van der Waals surface area (Å²) in [4.78, 5) is 26.9. The smallest absolute Gasteiger partial charge is 0.254 e. The van der Waals surface area contributed by atoms with Crippen molar-refractivity contribution in [3.05, 3.63) is 29.8 Å². The number of hydrogen-bond acceptors (Lipinski definition) is 5. The minimum Gasteiger partial charge on any atom is -0.377 e. The number of rotatable bonds is 2. The Morgan fingerprint density at radius 3 is 2.36 bits per heavy atom. The van der Waals surface area contributed by atoms with E-state index in [1.54, 1.807) is 24.0 Å². The van der Waals surface area contributed by atoms with Crippen molar-refractivity contribution in [3.8, 4) is 0 Å². The number of hydrogen-bond donors (Lipinski definition) is 0. The monoisotopic (exact) mass is 366 g/mol. The van der Waals surface area contributed by atoms with Gasteiger partial charge in [-0.05, 0) is 32.0 Å². The molecule has 2 aliphatic heterocycles. The second kappa shape index (κ2) is 6.42. The molecule has 2 amide bonds. The topological polar surface area (TPSA) is 84.0 Å². The summed E-state index contributed by atoms with van der Waals surface area (Å²) in [6, 6.07) is 6.11. The zero-order valence-electron chi connectivity index (χ0n) is 14.5. The van der Waals surface area contributed by atoms with Crippen LogP contribution in [0.2, 0.25) is 0 Å². The van der Waals surface area contributed by atoms with Crippen molar-refractivity contribution in [2.45, 2.75) is 32.9 Å². The molecule has 2 heterocycles. The highest BCUT2D eigenvalue weighted by Crippen LogP contribution is 2.29. The van der Waals surface area contributed by atoms with Crippen LogP contribution in [-0.2, 0) is 19.6 Å². The van der Waals surface area contributed by atoms with Crippen LogP contribution in [0.15, 0.2) is 24.3 Å². The molecule has 3 atom stereocenters. The van der Waals surface area contributed by atoms with E-state index >= 15 is 0 Å². The summed E-state index contributed by atoms with van der Waals surface area (Å²) in [5, 5.41) is 0. The lowest BCUT2D eigenvalue weighted by Gasteiger charge is -2.38. The first kappa shape index (κ1) is 17.9. The minimum atomic E-state index is -3.69. The van der Waals surface area contributed by atoms with Crippen LogP contribution in [0.4, 0.5) is 5.69 Å². The Morgan fingerprint density at radius 1 is 1.16 bits per heavy atom. The van der Waals surface area contributed by atoms with Gasteiger partial charge >= 0.3 is 0 Å². The van der Waals surface area contributed by atoms with E-state index in [0.717, 1.165) is 4.31 Å². The number of ether oxygens (including phenoxy) is 1. The number of nitrogens with zero attached hydrogens (tertiary/aromatic N) is 2. The van der Waals surface area contributed by atoms with E-state index in [-0.39, 0.29) is 29.4 Å². The summed E-state index contributed by atoms with van der Waals surface area (Å²) in [5.41, 5.74) is 0.578. The SMILES string of the molecule is CC1CS(=O)(=O)N(c2cccc(C(=O)N3C(C)COCC3C)c2)C1=O. The average Bonchev–Trinajstić information content (AvgIpc) is 2.74. The lowest BCUT2D eigenvalue weighted by molar-refractivity contribution is -0.119. The first-order chi connectivity index (χ1) is 11.7. The van der Waals surface area contributed by atoms with Gasteiger partial charge in [-0.2, -0.15) is 0 Å². The molecule has 136 valence electrons. The van der Waals surface area contributed by atoms with Crippen LogP contribution in [0, 0.1) is 5.92 Å². The Labute approximate surface area is 147 Å². The van der Waals surface area contributed by atoms with Gasteiger partial charge in [0.05, 0.1) is 42.7 Å². The average molecular weight is 366 g/mol. The summed E-state index contributed by atoms with van der Waals surface area (Å²) in [7, 11) is -3.69. The highest BCUT2D eigenvalue weighted by molar-refractivity contribution is 7.94. The van der Waals surface area contributed by atoms with E-state index in [4.69, 9.17) is 4.74 Å². The van der Waals surface area contributed by atoms with E-state index in [1.807, 2.05) is 13.8 Å². The molecule has 2 aliphatic rings. The number of sulfonamides is 1. The maximum atomic E-state index is 12.9. The highest BCUT2D eigenvalue weighted by Gasteiger charge is 2.42. The van der Waals surface area contributed by atoms with Crippen LogP contribution < -0.4 is 4.31 Å². The predicted molar refractivity (Wildman–Crippen MR) is 92.8 cm³/mol. The first-order valence-corrected chi connectivity index (χ1v) is 9.90. The fourth-order valence-corrected chi connectivity index (χ4v) is 5.22. The van der Waals surface area contributed by atoms with Crippen molar-refractivity contribution in [1.29, 1.82) is 0 Å². The molecule has 3 rings (SSSR count). The van der Waals surface area contributed by atoms with Crippen molar-refractivity contribution in [3.63, 3.8) is 0 Å². The molecule has 2 fully saturated rings. The second-order valence-corrected chi connectivity index (χ2v) is 8.64. The third kappa shape index (κ3) is 3.16. The quantitative estimate of drug-likeness (QED) is 0.786. The third-order valence-electron chi connectivity index (χ3n) is 4.59. The van der Waals surface area contributed by atoms with Crippen molar-refractivity contribution in [1.82, 2.24) is 4.90 Å². The zero-order valence-corrected chi connectivity index (χ0v) is 15.3. The number of anilines is 1. The van der Waals surface area contributed by atoms with Crippen molar-refractivity contribution in [2.75, 3.05) is 23.3 Å². The molecule has 0 N–H and O–H groups in total. The Kier molecular flexibility index (Phi) is 4.59. The standard InChI is InChI=1S/C17H22N2O5S/c1-11-10-25(22,23)19(16(11)20)15-6-4-5-14(7-15)17(21)18-12(2)8-24-9-13(18)3/h4-7,11-13H,8-10H2,1-3H3. The van der Waals surface area contributed by atoms with Crippen molar-refractivity contribution < 1.29 is 22.7 Å². The molecule has 7 nitrogen and oxygen atoms in total. The predicted octanol–water partition coefficient (Wildman–Crippen LogP) is 1.25. The van der Waals surface area contributed by atoms with Gasteiger partial charge in [0.1, 0.15) is 0 Å². The lowest BCUT2D eigenvalue weighted by atomic mass is 10.1. The van der Waals surface area contributed by atoms with E-state index in [0.29, 0.717) is 18.8 Å². The number of carbonyl (C=O) groups is 2. The molecule has 0 aliphatic carbocycles. The van der Waals surface area contributed by atoms with Crippen molar-refractivity contribution >= 4 is 27.5 Å². The third-order valence-corrected chi connectivity index (χ3v) is 6.46. The number of benzene rings is 1. The summed E-state index contributed by atoms with van der Waals surface area (Å²) in [5.74, 6) is -1.44. The Morgan fingerprint density at radius 2 is 1.80 bits per heavy atom. The van der Waals surface area contributed by atoms with Crippen LogP contribution in [0.1, 0.15) is 31.1 Å². The van der Waals surface area contributed by atoms with Gasteiger partial charge in [-0.1, -0.05) is 13.0 Å². The highest BCUT2D eigenvalue weighted by atomic mass is 32.2. The number of morpholine rings is 1. The first-order valence-electron chi connectivity index (χ1n) is 8.29. The van der Waals surface area contributed by atoms with E-state index in [2.05, 4.69) is 0 Å². The van der Waals surface area contributed by atoms with Gasteiger partial charge in [0, 0.05) is 5.56 Å². The normalized spacial score (nSPS) is 29.1. The molecular weight excluding hydrogens is 344 g/mol. The van der Waals surface area contributed by atoms with Crippen molar-refractivity contribution in [2.24, 2.45) is 5.92 Å². The fourth-order valence-electron chi connectivity index (χ4n) is 3.41.